The zero-order valence-corrected chi connectivity index (χ0v) is 12.3. The number of nitrogens with zero attached hydrogens (tertiary/aromatic N) is 3. The van der Waals surface area contributed by atoms with Crippen molar-refractivity contribution in [1.29, 1.82) is 0 Å². The van der Waals surface area contributed by atoms with E-state index in [1.807, 2.05) is 31.2 Å². The van der Waals surface area contributed by atoms with Crippen molar-refractivity contribution < 1.29 is 9.53 Å². The van der Waals surface area contributed by atoms with E-state index < -0.39 is 0 Å². The molecule has 1 amide bonds. The van der Waals surface area contributed by atoms with Gasteiger partial charge in [0, 0.05) is 13.1 Å². The van der Waals surface area contributed by atoms with Crippen LogP contribution in [0.1, 0.15) is 17.2 Å². The number of rotatable bonds is 5. The molecule has 0 fully saturated rings. The van der Waals surface area contributed by atoms with Gasteiger partial charge in [0.1, 0.15) is 11.6 Å². The number of carbonyl (C=O) groups excluding carboxylic acids is 1. The number of likely N-dealkylation sites (N-methyl/N-ethyl adjacent to an activating group) is 1. The Labute approximate surface area is 123 Å². The fourth-order valence-corrected chi connectivity index (χ4v) is 1.76. The molecule has 0 aliphatic carbocycles. The second-order valence-corrected chi connectivity index (χ2v) is 4.64. The number of benzene rings is 1. The molecule has 110 valence electrons. The number of amides is 1. The smallest absolute Gasteiger partial charge is 0.246 e. The maximum absolute atomic E-state index is 12.0. The molecule has 1 aromatic heterocycles. The lowest BCUT2D eigenvalue weighted by Crippen LogP contribution is -2.24. The number of ether oxygens (including phenoxy) is 1. The van der Waals surface area contributed by atoms with Crippen LogP contribution in [0.25, 0.3) is 6.08 Å². The third-order valence-electron chi connectivity index (χ3n) is 2.93. The number of aryl methyl sites for hydroxylation is 1. The SMILES string of the molecule is COc1ccc(C=CC(=O)N(C)Cc2n[nH]c(C)n2)cc1. The standard InChI is InChI=1S/C15H18N4O2/c1-11-16-14(18-17-11)10-19(2)15(20)9-6-12-4-7-13(21-3)8-5-12/h4-9H,10H2,1-3H3,(H,16,17,18). The molecule has 0 aliphatic heterocycles. The van der Waals surface area contributed by atoms with Gasteiger partial charge in [0.2, 0.25) is 5.91 Å². The van der Waals surface area contributed by atoms with Gasteiger partial charge in [-0.2, -0.15) is 5.10 Å². The first-order chi connectivity index (χ1) is 10.1. The number of nitrogens with one attached hydrogen (secondary N) is 1. The summed E-state index contributed by atoms with van der Waals surface area (Å²) in [5, 5.41) is 6.76. The molecular weight excluding hydrogens is 268 g/mol. The summed E-state index contributed by atoms with van der Waals surface area (Å²) in [7, 11) is 3.33. The van der Waals surface area contributed by atoms with Gasteiger partial charge < -0.3 is 9.64 Å². The van der Waals surface area contributed by atoms with Crippen LogP contribution in [0, 0.1) is 6.92 Å². The first-order valence-electron chi connectivity index (χ1n) is 6.53. The van der Waals surface area contributed by atoms with Gasteiger partial charge in [0.25, 0.3) is 0 Å². The van der Waals surface area contributed by atoms with Crippen molar-refractivity contribution in [3.63, 3.8) is 0 Å². The summed E-state index contributed by atoms with van der Waals surface area (Å²) in [4.78, 5) is 17.7. The molecule has 0 radical (unpaired) electrons. The summed E-state index contributed by atoms with van der Waals surface area (Å²) in [6, 6.07) is 7.48. The highest BCUT2D eigenvalue weighted by Gasteiger charge is 2.08. The second-order valence-electron chi connectivity index (χ2n) is 4.64. The molecule has 6 nitrogen and oxygen atoms in total. The van der Waals surface area contributed by atoms with Gasteiger partial charge in [-0.05, 0) is 30.7 Å². The van der Waals surface area contributed by atoms with Crippen molar-refractivity contribution in [3.8, 4) is 5.75 Å². The van der Waals surface area contributed by atoms with Gasteiger partial charge in [-0.3, -0.25) is 9.89 Å². The molecule has 0 saturated carbocycles. The van der Waals surface area contributed by atoms with E-state index in [0.29, 0.717) is 12.4 Å². The maximum atomic E-state index is 12.0. The topological polar surface area (TPSA) is 71.1 Å². The van der Waals surface area contributed by atoms with Gasteiger partial charge in [-0.15, -0.1) is 0 Å². The molecule has 1 N–H and O–H groups in total. The largest absolute Gasteiger partial charge is 0.497 e. The van der Waals surface area contributed by atoms with E-state index in [2.05, 4.69) is 15.2 Å². The summed E-state index contributed by atoms with van der Waals surface area (Å²) in [6.45, 7) is 2.19. The van der Waals surface area contributed by atoms with E-state index in [0.717, 1.165) is 17.1 Å². The highest BCUT2D eigenvalue weighted by molar-refractivity contribution is 5.91. The zero-order chi connectivity index (χ0) is 15.2. The van der Waals surface area contributed by atoms with Crippen LogP contribution in [0.4, 0.5) is 0 Å². The number of hydrogen-bond acceptors (Lipinski definition) is 4. The second kappa shape index (κ2) is 6.69. The first kappa shape index (κ1) is 14.8. The number of methoxy groups -OCH3 is 1. The average Bonchev–Trinajstić information content (AvgIpc) is 2.90. The minimum Gasteiger partial charge on any atom is -0.497 e. The number of hydrogen-bond donors (Lipinski definition) is 1. The number of carbonyl (C=O) groups is 1. The average molecular weight is 286 g/mol. The molecule has 2 rings (SSSR count). The third-order valence-corrected chi connectivity index (χ3v) is 2.93. The normalized spacial score (nSPS) is 10.8. The lowest BCUT2D eigenvalue weighted by atomic mass is 10.2. The van der Waals surface area contributed by atoms with Crippen LogP contribution in [0.15, 0.2) is 30.3 Å². The van der Waals surface area contributed by atoms with Crippen molar-refractivity contribution in [2.24, 2.45) is 0 Å². The van der Waals surface area contributed by atoms with E-state index in [9.17, 15) is 4.79 Å². The summed E-state index contributed by atoms with van der Waals surface area (Å²) < 4.78 is 5.09. The monoisotopic (exact) mass is 286 g/mol. The Morgan fingerprint density at radius 2 is 2.10 bits per heavy atom. The fraction of sp³-hybridized carbons (Fsp3) is 0.267. The minimum atomic E-state index is -0.103. The number of aromatic nitrogens is 3. The van der Waals surface area contributed by atoms with E-state index in [1.54, 1.807) is 25.1 Å². The van der Waals surface area contributed by atoms with Crippen molar-refractivity contribution in [1.82, 2.24) is 20.1 Å². The molecule has 0 unspecified atom stereocenters. The first-order valence-corrected chi connectivity index (χ1v) is 6.53. The maximum Gasteiger partial charge on any atom is 0.246 e. The fourth-order valence-electron chi connectivity index (χ4n) is 1.76. The van der Waals surface area contributed by atoms with Gasteiger partial charge in [0.15, 0.2) is 5.82 Å². The van der Waals surface area contributed by atoms with Crippen molar-refractivity contribution in [2.45, 2.75) is 13.5 Å². The Morgan fingerprint density at radius 3 is 2.67 bits per heavy atom. The quantitative estimate of drug-likeness (QED) is 0.851. The molecule has 21 heavy (non-hydrogen) atoms. The minimum absolute atomic E-state index is 0.103. The molecule has 0 bridgehead atoms. The highest BCUT2D eigenvalue weighted by atomic mass is 16.5. The van der Waals surface area contributed by atoms with Crippen LogP contribution in [-0.2, 0) is 11.3 Å². The molecule has 0 aliphatic rings. The molecule has 1 aromatic carbocycles. The van der Waals surface area contributed by atoms with Gasteiger partial charge in [-0.1, -0.05) is 12.1 Å². The Hall–Kier alpha value is -2.63. The Bertz CT molecular complexity index is 631. The van der Waals surface area contributed by atoms with Gasteiger partial charge >= 0.3 is 0 Å². The molecule has 0 saturated heterocycles. The van der Waals surface area contributed by atoms with E-state index in [4.69, 9.17) is 4.74 Å². The Kier molecular flexibility index (Phi) is 4.71. The van der Waals surface area contributed by atoms with Crippen LogP contribution >= 0.6 is 0 Å². The lowest BCUT2D eigenvalue weighted by molar-refractivity contribution is -0.125. The Balaban J connectivity index is 1.94. The molecular formula is C15H18N4O2. The van der Waals surface area contributed by atoms with E-state index in [-0.39, 0.29) is 5.91 Å². The number of aromatic amines is 1. The molecule has 2 aromatic rings. The zero-order valence-electron chi connectivity index (χ0n) is 12.3. The predicted molar refractivity (Wildman–Crippen MR) is 79.6 cm³/mol. The summed E-state index contributed by atoms with van der Waals surface area (Å²) in [6.07, 6.45) is 3.29. The van der Waals surface area contributed by atoms with Crippen molar-refractivity contribution in [3.05, 3.63) is 47.6 Å². The van der Waals surface area contributed by atoms with Crippen LogP contribution in [0.5, 0.6) is 5.75 Å². The molecule has 6 heteroatoms. The lowest BCUT2D eigenvalue weighted by Gasteiger charge is -2.12. The Morgan fingerprint density at radius 1 is 1.38 bits per heavy atom. The third kappa shape index (κ3) is 4.17. The molecule has 1 heterocycles. The van der Waals surface area contributed by atoms with E-state index >= 15 is 0 Å². The van der Waals surface area contributed by atoms with Crippen LogP contribution in [0.3, 0.4) is 0 Å². The summed E-state index contributed by atoms with van der Waals surface area (Å²) in [5.41, 5.74) is 0.936. The van der Waals surface area contributed by atoms with Crippen molar-refractivity contribution in [2.75, 3.05) is 14.2 Å². The van der Waals surface area contributed by atoms with Crippen LogP contribution in [-0.4, -0.2) is 40.1 Å². The highest BCUT2D eigenvalue weighted by Crippen LogP contribution is 2.12. The predicted octanol–water partition coefficient (Wildman–Crippen LogP) is 1.79. The van der Waals surface area contributed by atoms with Gasteiger partial charge in [0.05, 0.1) is 13.7 Å². The molecule has 0 atom stereocenters. The van der Waals surface area contributed by atoms with Crippen LogP contribution < -0.4 is 4.74 Å². The van der Waals surface area contributed by atoms with Crippen molar-refractivity contribution >= 4 is 12.0 Å². The number of H-pyrrole nitrogens is 1. The van der Waals surface area contributed by atoms with E-state index in [1.165, 1.54) is 6.08 Å². The van der Waals surface area contributed by atoms with Gasteiger partial charge in [-0.25, -0.2) is 4.98 Å². The summed E-state index contributed by atoms with van der Waals surface area (Å²) in [5.74, 6) is 2.02. The summed E-state index contributed by atoms with van der Waals surface area (Å²) >= 11 is 0. The molecule has 0 spiro atoms. The van der Waals surface area contributed by atoms with Crippen LogP contribution in [0.2, 0.25) is 0 Å².